The van der Waals surface area contributed by atoms with E-state index in [1.807, 2.05) is 12.1 Å². The molecule has 0 radical (unpaired) electrons. The molecule has 5 rings (SSSR count). The van der Waals surface area contributed by atoms with Gasteiger partial charge in [-0.25, -0.2) is 14.4 Å². The fourth-order valence-electron chi connectivity index (χ4n) is 4.58. The largest absolute Gasteiger partial charge is 0.382 e. The van der Waals surface area contributed by atoms with E-state index in [4.69, 9.17) is 11.5 Å². The summed E-state index contributed by atoms with van der Waals surface area (Å²) in [4.78, 5) is 24.0. The minimum Gasteiger partial charge on any atom is -0.382 e. The molecule has 36 heavy (non-hydrogen) atoms. The van der Waals surface area contributed by atoms with E-state index in [0.717, 1.165) is 30.5 Å². The van der Waals surface area contributed by atoms with Crippen LogP contribution < -0.4 is 21.7 Å². The van der Waals surface area contributed by atoms with Crippen LogP contribution in [0.15, 0.2) is 60.8 Å². The molecule has 180 valence electrons. The van der Waals surface area contributed by atoms with Gasteiger partial charge in [-0.2, -0.15) is 5.26 Å². The standard InChI is InChI=1S/C27H24FN7O/c28-20-5-1-3-18(14-29)24(20)17-7-6-16-8-9-21(33-22(16)13-17)27(36)34-25-23(10-11-32-26(25)31)35-12-2-4-19(30)15-35/h1,3,5-11,13,19H,2,4,12,15,30H2,(H2,31,32)(H,34,36)/t19-/m0/s1. The fraction of sp³-hybridized carbons (Fsp3) is 0.185. The van der Waals surface area contributed by atoms with Crippen molar-refractivity contribution in [3.8, 4) is 17.2 Å². The van der Waals surface area contributed by atoms with Crippen molar-refractivity contribution in [2.45, 2.75) is 18.9 Å². The zero-order valence-corrected chi connectivity index (χ0v) is 19.4. The number of fused-ring (bicyclic) bond motifs is 1. The van der Waals surface area contributed by atoms with Crippen molar-refractivity contribution >= 4 is 34.0 Å². The number of pyridine rings is 2. The zero-order valence-electron chi connectivity index (χ0n) is 19.4. The van der Waals surface area contributed by atoms with E-state index >= 15 is 0 Å². The molecule has 1 aliphatic heterocycles. The Balaban J connectivity index is 1.48. The molecule has 1 amide bonds. The van der Waals surface area contributed by atoms with Crippen LogP contribution in [0.5, 0.6) is 0 Å². The second-order valence-electron chi connectivity index (χ2n) is 8.77. The molecule has 0 spiro atoms. The highest BCUT2D eigenvalue weighted by Crippen LogP contribution is 2.33. The van der Waals surface area contributed by atoms with Crippen LogP contribution in [-0.2, 0) is 0 Å². The minimum absolute atomic E-state index is 0.0454. The number of piperidine rings is 1. The van der Waals surface area contributed by atoms with Gasteiger partial charge in [-0.15, -0.1) is 0 Å². The van der Waals surface area contributed by atoms with Crippen LogP contribution in [0, 0.1) is 17.1 Å². The van der Waals surface area contributed by atoms with Crippen LogP contribution in [-0.4, -0.2) is 35.0 Å². The molecule has 0 bridgehead atoms. The Morgan fingerprint density at radius 3 is 2.83 bits per heavy atom. The fourth-order valence-corrected chi connectivity index (χ4v) is 4.58. The summed E-state index contributed by atoms with van der Waals surface area (Å²) < 4.78 is 14.6. The smallest absolute Gasteiger partial charge is 0.274 e. The number of carbonyl (C=O) groups is 1. The number of benzene rings is 2. The van der Waals surface area contributed by atoms with Crippen molar-refractivity contribution in [3.63, 3.8) is 0 Å². The lowest BCUT2D eigenvalue weighted by Crippen LogP contribution is -2.43. The van der Waals surface area contributed by atoms with Crippen LogP contribution in [0.4, 0.5) is 21.6 Å². The van der Waals surface area contributed by atoms with Gasteiger partial charge in [0.1, 0.15) is 23.0 Å². The molecule has 9 heteroatoms. The van der Waals surface area contributed by atoms with Gasteiger partial charge in [0.05, 0.1) is 22.8 Å². The summed E-state index contributed by atoms with van der Waals surface area (Å²) in [5.41, 5.74) is 15.0. The maximum atomic E-state index is 14.6. The molecule has 1 fully saturated rings. The lowest BCUT2D eigenvalue weighted by molar-refractivity contribution is 0.102. The topological polar surface area (TPSA) is 134 Å². The van der Waals surface area contributed by atoms with Gasteiger partial charge in [-0.05, 0) is 48.7 Å². The quantitative estimate of drug-likeness (QED) is 0.400. The monoisotopic (exact) mass is 481 g/mol. The SMILES string of the molecule is N#Cc1cccc(F)c1-c1ccc2ccc(C(=O)Nc3c(N4CCC[C@H](N)C4)ccnc3N)nc2c1. The average Bonchev–Trinajstić information content (AvgIpc) is 2.89. The molecule has 1 saturated heterocycles. The highest BCUT2D eigenvalue weighted by molar-refractivity contribution is 6.07. The number of nitrogens with zero attached hydrogens (tertiary/aromatic N) is 4. The van der Waals surface area contributed by atoms with Gasteiger partial charge in [-0.3, -0.25) is 4.79 Å². The van der Waals surface area contributed by atoms with Gasteiger partial charge in [0, 0.05) is 36.3 Å². The Hall–Kier alpha value is -4.55. The Morgan fingerprint density at radius 2 is 2.03 bits per heavy atom. The molecule has 3 heterocycles. The third-order valence-electron chi connectivity index (χ3n) is 6.34. The molecule has 1 aliphatic rings. The number of nitrogens with two attached hydrogens (primary N) is 2. The van der Waals surface area contributed by atoms with E-state index in [1.165, 1.54) is 12.1 Å². The lowest BCUT2D eigenvalue weighted by atomic mass is 9.98. The molecule has 0 saturated carbocycles. The van der Waals surface area contributed by atoms with E-state index < -0.39 is 11.7 Å². The number of aromatic nitrogens is 2. The van der Waals surface area contributed by atoms with Crippen LogP contribution in [0.1, 0.15) is 28.9 Å². The van der Waals surface area contributed by atoms with E-state index in [1.54, 1.807) is 42.6 Å². The lowest BCUT2D eigenvalue weighted by Gasteiger charge is -2.34. The number of halogens is 1. The summed E-state index contributed by atoms with van der Waals surface area (Å²) in [6, 6.07) is 16.8. The normalized spacial score (nSPS) is 15.5. The Bertz CT molecular complexity index is 1510. The molecule has 0 aliphatic carbocycles. The average molecular weight is 482 g/mol. The van der Waals surface area contributed by atoms with E-state index in [0.29, 0.717) is 23.3 Å². The molecular formula is C27H24FN7O. The summed E-state index contributed by atoms with van der Waals surface area (Å²) in [7, 11) is 0. The van der Waals surface area contributed by atoms with Crippen molar-refractivity contribution in [3.05, 3.63) is 77.9 Å². The molecule has 4 aromatic rings. The number of anilines is 3. The van der Waals surface area contributed by atoms with Gasteiger partial charge in [0.25, 0.3) is 5.91 Å². The molecule has 0 unspecified atom stereocenters. The Kier molecular flexibility index (Phi) is 6.19. The number of amides is 1. The maximum absolute atomic E-state index is 14.6. The molecule has 8 nitrogen and oxygen atoms in total. The van der Waals surface area contributed by atoms with E-state index in [-0.39, 0.29) is 28.7 Å². The van der Waals surface area contributed by atoms with Crippen LogP contribution >= 0.6 is 0 Å². The molecule has 1 atom stereocenters. The highest BCUT2D eigenvalue weighted by Gasteiger charge is 2.22. The number of nitrogens with one attached hydrogen (secondary N) is 1. The summed E-state index contributed by atoms with van der Waals surface area (Å²) in [5, 5.41) is 13.1. The summed E-state index contributed by atoms with van der Waals surface area (Å²) in [5.74, 6) is -0.751. The van der Waals surface area contributed by atoms with Crippen LogP contribution in [0.3, 0.4) is 0 Å². The first-order chi connectivity index (χ1) is 17.4. The van der Waals surface area contributed by atoms with Crippen molar-refractivity contribution < 1.29 is 9.18 Å². The zero-order chi connectivity index (χ0) is 25.2. The molecule has 2 aromatic carbocycles. The second-order valence-corrected chi connectivity index (χ2v) is 8.77. The predicted molar refractivity (Wildman–Crippen MR) is 138 cm³/mol. The van der Waals surface area contributed by atoms with Crippen molar-refractivity contribution in [2.75, 3.05) is 29.0 Å². The third kappa shape index (κ3) is 4.42. The maximum Gasteiger partial charge on any atom is 0.274 e. The van der Waals surface area contributed by atoms with Crippen molar-refractivity contribution in [1.29, 1.82) is 5.26 Å². The molecular weight excluding hydrogens is 457 g/mol. The Morgan fingerprint density at radius 1 is 1.19 bits per heavy atom. The summed E-state index contributed by atoms with van der Waals surface area (Å²) in [6.07, 6.45) is 3.50. The number of hydrogen-bond acceptors (Lipinski definition) is 7. The van der Waals surface area contributed by atoms with E-state index in [9.17, 15) is 14.4 Å². The van der Waals surface area contributed by atoms with E-state index in [2.05, 4.69) is 20.2 Å². The predicted octanol–water partition coefficient (Wildman–Crippen LogP) is 4.07. The van der Waals surface area contributed by atoms with Gasteiger partial charge in [0.2, 0.25) is 0 Å². The first-order valence-electron chi connectivity index (χ1n) is 11.6. The number of nitrogen functional groups attached to an aromatic ring is 1. The first-order valence-corrected chi connectivity index (χ1v) is 11.6. The van der Waals surface area contributed by atoms with Crippen LogP contribution in [0.25, 0.3) is 22.0 Å². The number of hydrogen-bond donors (Lipinski definition) is 3. The van der Waals surface area contributed by atoms with Crippen molar-refractivity contribution in [2.24, 2.45) is 5.73 Å². The number of rotatable bonds is 4. The Labute approximate surface area is 207 Å². The number of carbonyl (C=O) groups excluding carboxylic acids is 1. The van der Waals surface area contributed by atoms with Gasteiger partial charge >= 0.3 is 0 Å². The number of nitriles is 1. The first kappa shape index (κ1) is 23.2. The highest BCUT2D eigenvalue weighted by atomic mass is 19.1. The van der Waals surface area contributed by atoms with Crippen LogP contribution in [0.2, 0.25) is 0 Å². The van der Waals surface area contributed by atoms with Gasteiger partial charge < -0.3 is 21.7 Å². The summed E-state index contributed by atoms with van der Waals surface area (Å²) in [6.45, 7) is 1.46. The third-order valence-corrected chi connectivity index (χ3v) is 6.34. The molecule has 2 aromatic heterocycles. The van der Waals surface area contributed by atoms with Gasteiger partial charge in [-0.1, -0.05) is 24.3 Å². The van der Waals surface area contributed by atoms with Gasteiger partial charge in [0.15, 0.2) is 0 Å². The summed E-state index contributed by atoms with van der Waals surface area (Å²) >= 11 is 0. The minimum atomic E-state index is -0.501. The second kappa shape index (κ2) is 9.60. The van der Waals surface area contributed by atoms with Crippen molar-refractivity contribution in [1.82, 2.24) is 9.97 Å². The molecule has 5 N–H and O–H groups in total.